The second-order valence-corrected chi connectivity index (χ2v) is 8.31. The number of hydrogen-bond donors (Lipinski definition) is 2. The van der Waals surface area contributed by atoms with Gasteiger partial charge in [0.15, 0.2) is 11.0 Å². The highest BCUT2D eigenvalue weighted by atomic mass is 79.9. The largest absolute Gasteiger partial charge is 0.507 e. The van der Waals surface area contributed by atoms with Crippen LogP contribution in [0, 0.1) is 5.82 Å². The Labute approximate surface area is 190 Å². The van der Waals surface area contributed by atoms with Crippen molar-refractivity contribution in [1.82, 2.24) is 14.8 Å². The second kappa shape index (κ2) is 9.32. The summed E-state index contributed by atoms with van der Waals surface area (Å²) in [7, 11) is 0. The van der Waals surface area contributed by atoms with Crippen LogP contribution in [0.4, 0.5) is 10.1 Å². The van der Waals surface area contributed by atoms with Crippen molar-refractivity contribution < 1.29 is 14.3 Å². The molecule has 0 atom stereocenters. The predicted molar refractivity (Wildman–Crippen MR) is 122 cm³/mol. The summed E-state index contributed by atoms with van der Waals surface area (Å²) in [4.78, 5) is 12.4. The fourth-order valence-electron chi connectivity index (χ4n) is 2.91. The van der Waals surface area contributed by atoms with E-state index in [9.17, 15) is 14.3 Å². The summed E-state index contributed by atoms with van der Waals surface area (Å²) in [6.45, 7) is 0. The Morgan fingerprint density at radius 1 is 1.06 bits per heavy atom. The van der Waals surface area contributed by atoms with Crippen molar-refractivity contribution in [3.8, 4) is 22.8 Å². The molecule has 0 aliphatic heterocycles. The maximum atomic E-state index is 13.8. The molecule has 0 spiro atoms. The van der Waals surface area contributed by atoms with Crippen molar-refractivity contribution in [2.75, 3.05) is 11.1 Å². The second-order valence-electron chi connectivity index (χ2n) is 6.46. The van der Waals surface area contributed by atoms with Gasteiger partial charge < -0.3 is 10.4 Å². The van der Waals surface area contributed by atoms with Gasteiger partial charge in [-0.3, -0.25) is 9.36 Å². The molecule has 156 valence electrons. The molecular weight excluding hydrogens is 483 g/mol. The summed E-state index contributed by atoms with van der Waals surface area (Å²) < 4.78 is 16.3. The standard InChI is InChI=1S/C22H16BrFN4O2S/c23-14-10-11-19(29)16(12-14)21-26-27-22(28(21)15-6-2-1-3-7-15)31-13-20(30)25-18-9-5-4-8-17(18)24/h1-12,29H,13H2,(H,25,30). The highest BCUT2D eigenvalue weighted by molar-refractivity contribution is 9.10. The Balaban J connectivity index is 1.64. The van der Waals surface area contributed by atoms with E-state index in [1.807, 2.05) is 30.3 Å². The van der Waals surface area contributed by atoms with Crippen LogP contribution in [-0.2, 0) is 4.79 Å². The molecule has 0 aliphatic rings. The van der Waals surface area contributed by atoms with Crippen molar-refractivity contribution in [1.29, 1.82) is 0 Å². The van der Waals surface area contributed by atoms with Gasteiger partial charge in [-0.1, -0.05) is 58.0 Å². The van der Waals surface area contributed by atoms with Gasteiger partial charge in [-0.15, -0.1) is 10.2 Å². The first-order valence-electron chi connectivity index (χ1n) is 9.20. The lowest BCUT2D eigenvalue weighted by Gasteiger charge is -2.11. The van der Waals surface area contributed by atoms with Crippen molar-refractivity contribution in [3.63, 3.8) is 0 Å². The van der Waals surface area contributed by atoms with Crippen molar-refractivity contribution >= 4 is 39.3 Å². The monoisotopic (exact) mass is 498 g/mol. The van der Waals surface area contributed by atoms with Crippen LogP contribution >= 0.6 is 27.7 Å². The number of hydrogen-bond acceptors (Lipinski definition) is 5. The fraction of sp³-hybridized carbons (Fsp3) is 0.0455. The summed E-state index contributed by atoms with van der Waals surface area (Å²) in [6, 6.07) is 20.4. The molecule has 4 rings (SSSR count). The van der Waals surface area contributed by atoms with E-state index in [2.05, 4.69) is 31.4 Å². The third kappa shape index (κ3) is 4.78. The number of phenolic OH excluding ortho intramolecular Hbond substituents is 1. The number of rotatable bonds is 6. The number of aromatic nitrogens is 3. The number of benzene rings is 3. The lowest BCUT2D eigenvalue weighted by Crippen LogP contribution is -2.15. The van der Waals surface area contributed by atoms with Crippen LogP contribution in [-0.4, -0.2) is 31.5 Å². The van der Waals surface area contributed by atoms with Crippen LogP contribution < -0.4 is 5.32 Å². The van der Waals surface area contributed by atoms with Crippen LogP contribution in [0.25, 0.3) is 17.1 Å². The van der Waals surface area contributed by atoms with Crippen molar-refractivity contribution in [2.45, 2.75) is 5.16 Å². The van der Waals surface area contributed by atoms with Gasteiger partial charge in [0, 0.05) is 10.2 Å². The fourth-order valence-corrected chi connectivity index (χ4v) is 4.03. The summed E-state index contributed by atoms with van der Waals surface area (Å²) in [5.74, 6) is -0.377. The van der Waals surface area contributed by atoms with Crippen LogP contribution in [0.1, 0.15) is 0 Å². The van der Waals surface area contributed by atoms with Crippen molar-refractivity contribution in [3.05, 3.63) is 83.1 Å². The van der Waals surface area contributed by atoms with Crippen LogP contribution in [0.5, 0.6) is 5.75 Å². The zero-order valence-electron chi connectivity index (χ0n) is 16.0. The molecule has 1 amide bonds. The molecule has 3 aromatic carbocycles. The van der Waals surface area contributed by atoms with E-state index in [1.54, 1.807) is 34.9 Å². The quantitative estimate of drug-likeness (QED) is 0.354. The van der Waals surface area contributed by atoms with Gasteiger partial charge >= 0.3 is 0 Å². The van der Waals surface area contributed by atoms with Crippen LogP contribution in [0.3, 0.4) is 0 Å². The molecule has 6 nitrogen and oxygen atoms in total. The van der Waals surface area contributed by atoms with Crippen LogP contribution in [0.2, 0.25) is 0 Å². The molecule has 0 saturated carbocycles. The normalized spacial score (nSPS) is 10.8. The topological polar surface area (TPSA) is 80.0 Å². The molecule has 2 N–H and O–H groups in total. The molecule has 4 aromatic rings. The van der Waals surface area contributed by atoms with E-state index in [-0.39, 0.29) is 23.1 Å². The lowest BCUT2D eigenvalue weighted by molar-refractivity contribution is -0.113. The minimum absolute atomic E-state index is 0.00374. The Kier molecular flexibility index (Phi) is 6.34. The van der Waals surface area contributed by atoms with Gasteiger partial charge in [0.2, 0.25) is 5.91 Å². The number of nitrogens with one attached hydrogen (secondary N) is 1. The number of aromatic hydroxyl groups is 1. The molecule has 9 heteroatoms. The number of anilines is 1. The number of halogens is 2. The smallest absolute Gasteiger partial charge is 0.234 e. The molecular formula is C22H16BrFN4O2S. The molecule has 1 aromatic heterocycles. The van der Waals surface area contributed by atoms with Gasteiger partial charge in [-0.2, -0.15) is 0 Å². The highest BCUT2D eigenvalue weighted by Gasteiger charge is 2.20. The summed E-state index contributed by atoms with van der Waals surface area (Å²) in [5, 5.41) is 21.9. The third-order valence-corrected chi connectivity index (χ3v) is 5.75. The van der Waals surface area contributed by atoms with E-state index >= 15 is 0 Å². The molecule has 0 fully saturated rings. The van der Waals surface area contributed by atoms with Crippen LogP contribution in [0.15, 0.2) is 82.4 Å². The summed E-state index contributed by atoms with van der Waals surface area (Å²) in [6.07, 6.45) is 0. The zero-order chi connectivity index (χ0) is 21.8. The minimum Gasteiger partial charge on any atom is -0.507 e. The molecule has 0 aliphatic carbocycles. The number of nitrogens with zero attached hydrogens (tertiary/aromatic N) is 3. The first-order chi connectivity index (χ1) is 15.0. The Hall–Kier alpha value is -3.17. The van der Waals surface area contributed by atoms with E-state index in [0.717, 1.165) is 21.9 Å². The lowest BCUT2D eigenvalue weighted by atomic mass is 10.2. The van der Waals surface area contributed by atoms with Gasteiger partial charge in [0.25, 0.3) is 0 Å². The summed E-state index contributed by atoms with van der Waals surface area (Å²) >= 11 is 4.57. The van der Waals surface area contributed by atoms with E-state index < -0.39 is 5.82 Å². The number of phenols is 1. The minimum atomic E-state index is -0.499. The average molecular weight is 499 g/mol. The number of thioether (sulfide) groups is 1. The predicted octanol–water partition coefficient (Wildman–Crippen LogP) is 5.27. The number of carbonyl (C=O) groups is 1. The van der Waals surface area contributed by atoms with Gasteiger partial charge in [0.05, 0.1) is 17.0 Å². The van der Waals surface area contributed by atoms with Gasteiger partial charge in [-0.25, -0.2) is 4.39 Å². The maximum Gasteiger partial charge on any atom is 0.234 e. The Bertz CT molecular complexity index is 1230. The van der Waals surface area contributed by atoms with E-state index in [0.29, 0.717) is 16.5 Å². The first kappa shape index (κ1) is 21.1. The molecule has 0 radical (unpaired) electrons. The molecule has 1 heterocycles. The summed E-state index contributed by atoms with van der Waals surface area (Å²) in [5.41, 5.74) is 1.39. The van der Waals surface area contributed by atoms with Crippen molar-refractivity contribution in [2.24, 2.45) is 0 Å². The van der Waals surface area contributed by atoms with E-state index in [4.69, 9.17) is 0 Å². The SMILES string of the molecule is O=C(CSc1nnc(-c2cc(Br)ccc2O)n1-c1ccccc1)Nc1ccccc1F. The molecule has 0 bridgehead atoms. The molecule has 0 unspecified atom stereocenters. The van der Waals surface area contributed by atoms with Gasteiger partial charge in [0.1, 0.15) is 11.6 Å². The van der Waals surface area contributed by atoms with Gasteiger partial charge in [-0.05, 0) is 42.5 Å². The molecule has 31 heavy (non-hydrogen) atoms. The average Bonchev–Trinajstić information content (AvgIpc) is 3.20. The third-order valence-electron chi connectivity index (χ3n) is 4.33. The Morgan fingerprint density at radius 2 is 1.81 bits per heavy atom. The number of amides is 1. The molecule has 0 saturated heterocycles. The van der Waals surface area contributed by atoms with E-state index in [1.165, 1.54) is 12.1 Å². The maximum absolute atomic E-state index is 13.8. The zero-order valence-corrected chi connectivity index (χ0v) is 18.4. The number of para-hydroxylation sites is 2. The highest BCUT2D eigenvalue weighted by Crippen LogP contribution is 2.34. The number of carbonyl (C=O) groups excluding carboxylic acids is 1. The first-order valence-corrected chi connectivity index (χ1v) is 11.0. The Morgan fingerprint density at radius 3 is 2.58 bits per heavy atom.